The van der Waals surface area contributed by atoms with Crippen LogP contribution in [0.5, 0.6) is 5.75 Å². The quantitative estimate of drug-likeness (QED) is 0.0416. The summed E-state index contributed by atoms with van der Waals surface area (Å²) in [6.45, 7) is 9.20. The van der Waals surface area contributed by atoms with E-state index in [0.29, 0.717) is 47.5 Å². The van der Waals surface area contributed by atoms with E-state index in [-0.39, 0.29) is 43.7 Å². The summed E-state index contributed by atoms with van der Waals surface area (Å²) >= 11 is 0. The molecule has 2 aliphatic heterocycles. The number of unbranched alkanes of at least 4 members (excludes halogenated alkanes) is 1. The average Bonchev–Trinajstić information content (AvgIpc) is 3.35. The molecule has 5 rings (SSSR count). The number of pyridine rings is 2. The number of ether oxygens (including phenoxy) is 4. The summed E-state index contributed by atoms with van der Waals surface area (Å²) in [7, 11) is 0. The van der Waals surface area contributed by atoms with Gasteiger partial charge >= 0.3 is 18.1 Å². The lowest BCUT2D eigenvalue weighted by Crippen LogP contribution is -2.47. The summed E-state index contributed by atoms with van der Waals surface area (Å²) in [6.07, 6.45) is 0.747. The first-order chi connectivity index (χ1) is 21.4. The number of azide groups is 1. The summed E-state index contributed by atoms with van der Waals surface area (Å²) in [6, 6.07) is 6.83. The zero-order chi connectivity index (χ0) is 32.5. The highest BCUT2D eigenvalue weighted by molar-refractivity contribution is 5.91. The molecule has 0 spiro atoms. The van der Waals surface area contributed by atoms with Gasteiger partial charge in [-0.1, -0.05) is 19.0 Å². The van der Waals surface area contributed by atoms with Crippen molar-refractivity contribution in [1.29, 1.82) is 0 Å². The Bertz CT molecular complexity index is 1820. The summed E-state index contributed by atoms with van der Waals surface area (Å²) in [5.74, 6) is -1.05. The van der Waals surface area contributed by atoms with Gasteiger partial charge in [-0.05, 0) is 81.8 Å². The molecule has 0 radical (unpaired) electrons. The first-order valence-corrected chi connectivity index (χ1v) is 15.0. The van der Waals surface area contributed by atoms with Gasteiger partial charge in [-0.2, -0.15) is 0 Å². The highest BCUT2D eigenvalue weighted by Crippen LogP contribution is 2.42. The fourth-order valence-corrected chi connectivity index (χ4v) is 5.87. The van der Waals surface area contributed by atoms with Crippen LogP contribution in [-0.4, -0.2) is 39.8 Å². The third-order valence-corrected chi connectivity index (χ3v) is 7.93. The van der Waals surface area contributed by atoms with Gasteiger partial charge < -0.3 is 23.5 Å². The average molecular weight is 618 g/mol. The van der Waals surface area contributed by atoms with Crippen LogP contribution >= 0.6 is 0 Å². The molecule has 0 bridgehead atoms. The summed E-state index contributed by atoms with van der Waals surface area (Å²) in [5.41, 5.74) is 9.66. The SMILES string of the molecule is CCc1c2c(nc3ccc(OC(=O)OC(C)(C)C)cc13)-c1cc3c(c(=O)n1C2)COC(=O)[C@@]3(CC)OC(=O)CCCCN=[N+]=[N-]. The van der Waals surface area contributed by atoms with Crippen LogP contribution in [0, 0.1) is 0 Å². The Morgan fingerprint density at radius 2 is 1.93 bits per heavy atom. The van der Waals surface area contributed by atoms with Crippen LogP contribution in [0.4, 0.5) is 4.79 Å². The second-order valence-electron chi connectivity index (χ2n) is 12.0. The van der Waals surface area contributed by atoms with Gasteiger partial charge in [0.05, 0.1) is 29.0 Å². The minimum absolute atomic E-state index is 0.00506. The molecule has 45 heavy (non-hydrogen) atoms. The van der Waals surface area contributed by atoms with Crippen LogP contribution in [0.3, 0.4) is 0 Å². The monoisotopic (exact) mass is 617 g/mol. The number of aryl methyl sites for hydroxylation is 1. The van der Waals surface area contributed by atoms with E-state index in [1.165, 1.54) is 0 Å². The summed E-state index contributed by atoms with van der Waals surface area (Å²) < 4.78 is 23.6. The second-order valence-corrected chi connectivity index (χ2v) is 12.0. The van der Waals surface area contributed by atoms with Gasteiger partial charge in [0.25, 0.3) is 5.56 Å². The summed E-state index contributed by atoms with van der Waals surface area (Å²) in [4.78, 5) is 60.0. The molecule has 0 amide bonds. The molecule has 0 fully saturated rings. The molecule has 0 unspecified atom stereocenters. The van der Waals surface area contributed by atoms with Gasteiger partial charge in [0, 0.05) is 34.4 Å². The van der Waals surface area contributed by atoms with Gasteiger partial charge in [0.1, 0.15) is 18.0 Å². The highest BCUT2D eigenvalue weighted by atomic mass is 16.7. The standard InChI is InChI=1S/C32H35N5O8/c1-6-19-20-14-18(43-30(41)45-31(3,4)5)11-12-24(20)35-27-21(19)16-37-25(27)15-23-22(28(37)39)17-42-29(40)32(23,7-2)44-26(38)10-8-9-13-34-36-33/h11-12,14-15H,6-10,13,16-17H2,1-5H3/t32-/m0/s1. The minimum atomic E-state index is -1.79. The van der Waals surface area contributed by atoms with Crippen LogP contribution in [0.1, 0.15) is 82.6 Å². The van der Waals surface area contributed by atoms with Crippen LogP contribution < -0.4 is 10.3 Å². The van der Waals surface area contributed by atoms with Gasteiger partial charge in [-0.15, -0.1) is 0 Å². The molecule has 3 aromatic rings. The Labute approximate surface area is 259 Å². The Hall–Kier alpha value is -4.90. The van der Waals surface area contributed by atoms with Crippen molar-refractivity contribution in [3.05, 3.63) is 67.3 Å². The van der Waals surface area contributed by atoms with Crippen molar-refractivity contribution in [2.24, 2.45) is 5.11 Å². The van der Waals surface area contributed by atoms with Crippen molar-refractivity contribution < 1.29 is 33.3 Å². The van der Waals surface area contributed by atoms with Gasteiger partial charge in [-0.3, -0.25) is 9.59 Å². The van der Waals surface area contributed by atoms with E-state index in [2.05, 4.69) is 10.0 Å². The number of esters is 2. The third kappa shape index (κ3) is 5.95. The van der Waals surface area contributed by atoms with E-state index in [1.54, 1.807) is 56.5 Å². The van der Waals surface area contributed by atoms with Crippen LogP contribution in [0.15, 0.2) is 34.2 Å². The van der Waals surface area contributed by atoms with Crippen molar-refractivity contribution in [2.45, 2.75) is 91.1 Å². The zero-order valence-corrected chi connectivity index (χ0v) is 26.0. The molecule has 13 heteroatoms. The third-order valence-electron chi connectivity index (χ3n) is 7.93. The maximum atomic E-state index is 13.9. The van der Waals surface area contributed by atoms with E-state index in [1.807, 2.05) is 6.92 Å². The normalized spacial score (nSPS) is 16.6. The number of nitrogens with zero attached hydrogens (tertiary/aromatic N) is 5. The van der Waals surface area contributed by atoms with Crippen LogP contribution in [0.2, 0.25) is 0 Å². The molecule has 0 aliphatic carbocycles. The molecule has 1 aromatic carbocycles. The number of benzene rings is 1. The molecule has 2 aliphatic rings. The second kappa shape index (κ2) is 12.2. The topological polar surface area (TPSA) is 172 Å². The summed E-state index contributed by atoms with van der Waals surface area (Å²) in [5, 5.41) is 4.24. The maximum absolute atomic E-state index is 13.9. The zero-order valence-electron chi connectivity index (χ0n) is 26.0. The minimum Gasteiger partial charge on any atom is -0.457 e. The van der Waals surface area contributed by atoms with E-state index in [0.717, 1.165) is 16.5 Å². The molecule has 0 N–H and O–H groups in total. The largest absolute Gasteiger partial charge is 0.514 e. The molecule has 2 aromatic heterocycles. The van der Waals surface area contributed by atoms with E-state index in [4.69, 9.17) is 29.5 Å². The Morgan fingerprint density at radius 3 is 2.62 bits per heavy atom. The lowest BCUT2D eigenvalue weighted by Gasteiger charge is -2.35. The molecule has 1 atom stereocenters. The van der Waals surface area contributed by atoms with Crippen LogP contribution in [0.25, 0.3) is 32.7 Å². The van der Waals surface area contributed by atoms with Crippen molar-refractivity contribution in [3.8, 4) is 17.1 Å². The van der Waals surface area contributed by atoms with Crippen molar-refractivity contribution in [3.63, 3.8) is 0 Å². The van der Waals surface area contributed by atoms with Gasteiger partial charge in [-0.25, -0.2) is 14.6 Å². The van der Waals surface area contributed by atoms with Crippen molar-refractivity contribution >= 4 is 29.0 Å². The Morgan fingerprint density at radius 1 is 1.16 bits per heavy atom. The molecule has 236 valence electrons. The number of carbonyl (C=O) groups is 3. The van der Waals surface area contributed by atoms with Gasteiger partial charge in [0.2, 0.25) is 5.60 Å². The predicted octanol–water partition coefficient (Wildman–Crippen LogP) is 5.99. The lowest BCUT2D eigenvalue weighted by molar-refractivity contribution is -0.189. The number of rotatable bonds is 9. The Balaban J connectivity index is 1.55. The smallest absolute Gasteiger partial charge is 0.457 e. The van der Waals surface area contributed by atoms with Gasteiger partial charge in [0.15, 0.2) is 0 Å². The number of hydrogen-bond donors (Lipinski definition) is 0. The molecule has 0 saturated heterocycles. The van der Waals surface area contributed by atoms with E-state index >= 15 is 0 Å². The highest BCUT2D eigenvalue weighted by Gasteiger charge is 2.50. The number of aromatic nitrogens is 2. The number of fused-ring (bicyclic) bond motifs is 5. The molecular weight excluding hydrogens is 582 g/mol. The molecule has 13 nitrogen and oxygen atoms in total. The molecular formula is C32H35N5O8. The first-order valence-electron chi connectivity index (χ1n) is 15.0. The number of carbonyl (C=O) groups excluding carboxylic acids is 3. The van der Waals surface area contributed by atoms with Crippen LogP contribution in [-0.2, 0) is 49.0 Å². The molecule has 4 heterocycles. The lowest BCUT2D eigenvalue weighted by atomic mass is 9.85. The van der Waals surface area contributed by atoms with E-state index < -0.39 is 29.3 Å². The molecule has 0 saturated carbocycles. The first kappa shape index (κ1) is 31.5. The van der Waals surface area contributed by atoms with Crippen molar-refractivity contribution in [1.82, 2.24) is 9.55 Å². The number of cyclic esters (lactones) is 1. The van der Waals surface area contributed by atoms with Crippen molar-refractivity contribution in [2.75, 3.05) is 6.54 Å². The number of hydrogen-bond acceptors (Lipinski definition) is 10. The van der Waals surface area contributed by atoms with E-state index in [9.17, 15) is 19.2 Å². The predicted molar refractivity (Wildman–Crippen MR) is 163 cm³/mol. The fraction of sp³-hybridized carbons (Fsp3) is 0.469. The Kier molecular flexibility index (Phi) is 8.57. The maximum Gasteiger partial charge on any atom is 0.514 e. The fourth-order valence-electron chi connectivity index (χ4n) is 5.87.